The maximum absolute atomic E-state index is 12.5. The molecule has 0 spiro atoms. The Morgan fingerprint density at radius 3 is 2.50 bits per heavy atom. The minimum absolute atomic E-state index is 0.0856. The summed E-state index contributed by atoms with van der Waals surface area (Å²) in [7, 11) is 0. The standard InChI is InChI=1S/C20H23NO3/c1-12-9-14(3)16(10-13(12)2)15(4)21-20(22)19-11-23-17-7-5-6-8-18(17)24-19/h5-10,15,19H,11H2,1-4H3,(H,21,22)/t15-,19+/m0/s1. The number of benzene rings is 2. The predicted octanol–water partition coefficient (Wildman–Crippen LogP) is 3.63. The first kappa shape index (κ1) is 16.4. The maximum Gasteiger partial charge on any atom is 0.265 e. The van der Waals surface area contributed by atoms with Crippen LogP contribution in [0.25, 0.3) is 0 Å². The Morgan fingerprint density at radius 1 is 1.08 bits per heavy atom. The Bertz CT molecular complexity index is 769. The zero-order chi connectivity index (χ0) is 17.3. The second-order valence-electron chi connectivity index (χ2n) is 6.39. The third kappa shape index (κ3) is 3.23. The number of rotatable bonds is 3. The van der Waals surface area contributed by atoms with Crippen molar-refractivity contribution in [2.45, 2.75) is 39.8 Å². The minimum Gasteiger partial charge on any atom is -0.485 e. The number of fused-ring (bicyclic) bond motifs is 1. The van der Waals surface area contributed by atoms with Crippen LogP contribution in [0.2, 0.25) is 0 Å². The van der Waals surface area contributed by atoms with Crippen molar-refractivity contribution in [1.29, 1.82) is 0 Å². The van der Waals surface area contributed by atoms with Gasteiger partial charge in [0.2, 0.25) is 6.10 Å². The molecule has 2 atom stereocenters. The van der Waals surface area contributed by atoms with E-state index in [0.717, 1.165) is 5.56 Å². The zero-order valence-corrected chi connectivity index (χ0v) is 14.6. The van der Waals surface area contributed by atoms with Crippen molar-refractivity contribution >= 4 is 5.91 Å². The van der Waals surface area contributed by atoms with E-state index in [4.69, 9.17) is 9.47 Å². The lowest BCUT2D eigenvalue weighted by Crippen LogP contribution is -2.44. The lowest BCUT2D eigenvalue weighted by molar-refractivity contribution is -0.131. The molecule has 126 valence electrons. The van der Waals surface area contributed by atoms with E-state index >= 15 is 0 Å². The molecule has 0 bridgehead atoms. The van der Waals surface area contributed by atoms with E-state index in [2.05, 4.69) is 38.2 Å². The fourth-order valence-corrected chi connectivity index (χ4v) is 2.98. The van der Waals surface area contributed by atoms with Crippen molar-refractivity contribution in [2.24, 2.45) is 0 Å². The topological polar surface area (TPSA) is 47.6 Å². The van der Waals surface area contributed by atoms with Crippen LogP contribution in [0.5, 0.6) is 11.5 Å². The molecule has 1 amide bonds. The van der Waals surface area contributed by atoms with Crippen molar-refractivity contribution in [1.82, 2.24) is 5.32 Å². The average Bonchev–Trinajstić information content (AvgIpc) is 2.57. The molecule has 3 rings (SSSR count). The molecule has 1 aliphatic rings. The largest absolute Gasteiger partial charge is 0.485 e. The van der Waals surface area contributed by atoms with Gasteiger partial charge >= 0.3 is 0 Å². The molecule has 0 saturated heterocycles. The highest BCUT2D eigenvalue weighted by atomic mass is 16.6. The molecule has 0 saturated carbocycles. The number of hydrogen-bond acceptors (Lipinski definition) is 3. The van der Waals surface area contributed by atoms with Crippen LogP contribution in [0.15, 0.2) is 36.4 Å². The Morgan fingerprint density at radius 2 is 1.75 bits per heavy atom. The monoisotopic (exact) mass is 325 g/mol. The van der Waals surface area contributed by atoms with Crippen LogP contribution in [0.4, 0.5) is 0 Å². The minimum atomic E-state index is -0.630. The van der Waals surface area contributed by atoms with Crippen molar-refractivity contribution in [2.75, 3.05) is 6.61 Å². The summed E-state index contributed by atoms with van der Waals surface area (Å²) in [6, 6.07) is 11.6. The Labute approximate surface area is 142 Å². The van der Waals surface area contributed by atoms with Crippen LogP contribution in [-0.2, 0) is 4.79 Å². The molecule has 4 heteroatoms. The van der Waals surface area contributed by atoms with Crippen molar-refractivity contribution in [3.05, 3.63) is 58.7 Å². The van der Waals surface area contributed by atoms with Gasteiger partial charge < -0.3 is 14.8 Å². The second kappa shape index (κ2) is 6.56. The third-order valence-corrected chi connectivity index (χ3v) is 4.51. The van der Waals surface area contributed by atoms with Crippen LogP contribution in [0, 0.1) is 20.8 Å². The number of aryl methyl sites for hydroxylation is 3. The summed E-state index contributed by atoms with van der Waals surface area (Å²) in [4.78, 5) is 12.5. The SMILES string of the molecule is Cc1cc(C)c([C@H](C)NC(=O)[C@H]2COc3ccccc3O2)cc1C. The molecule has 0 unspecified atom stereocenters. The number of amides is 1. The first-order valence-corrected chi connectivity index (χ1v) is 8.22. The van der Waals surface area contributed by atoms with E-state index in [-0.39, 0.29) is 18.6 Å². The highest BCUT2D eigenvalue weighted by Crippen LogP contribution is 2.31. The molecular formula is C20H23NO3. The predicted molar refractivity (Wildman–Crippen MR) is 93.6 cm³/mol. The molecule has 2 aromatic rings. The van der Waals surface area contributed by atoms with E-state index in [1.54, 1.807) is 0 Å². The molecular weight excluding hydrogens is 302 g/mol. The van der Waals surface area contributed by atoms with E-state index in [0.29, 0.717) is 11.5 Å². The smallest absolute Gasteiger partial charge is 0.265 e. The van der Waals surface area contributed by atoms with Gasteiger partial charge in [-0.1, -0.05) is 24.3 Å². The van der Waals surface area contributed by atoms with Gasteiger partial charge in [-0.25, -0.2) is 0 Å². The van der Waals surface area contributed by atoms with E-state index in [1.807, 2.05) is 31.2 Å². The summed E-state index contributed by atoms with van der Waals surface area (Å²) in [6.07, 6.45) is -0.630. The Hall–Kier alpha value is -2.49. The fourth-order valence-electron chi connectivity index (χ4n) is 2.98. The lowest BCUT2D eigenvalue weighted by atomic mass is 9.96. The van der Waals surface area contributed by atoms with Crippen LogP contribution in [0.3, 0.4) is 0 Å². The molecule has 1 N–H and O–H groups in total. The van der Waals surface area contributed by atoms with Crippen molar-refractivity contribution in [3.63, 3.8) is 0 Å². The number of hydrogen-bond donors (Lipinski definition) is 1. The van der Waals surface area contributed by atoms with Gasteiger partial charge in [-0.05, 0) is 62.1 Å². The highest BCUT2D eigenvalue weighted by Gasteiger charge is 2.28. The van der Waals surface area contributed by atoms with Crippen LogP contribution >= 0.6 is 0 Å². The molecule has 1 heterocycles. The summed E-state index contributed by atoms with van der Waals surface area (Å²) in [5.41, 5.74) is 4.79. The van der Waals surface area contributed by atoms with Gasteiger partial charge in [0.25, 0.3) is 5.91 Å². The van der Waals surface area contributed by atoms with Crippen molar-refractivity contribution in [3.8, 4) is 11.5 Å². The molecule has 1 aliphatic heterocycles. The van der Waals surface area contributed by atoms with Gasteiger partial charge in [0.15, 0.2) is 11.5 Å². The molecule has 2 aromatic carbocycles. The lowest BCUT2D eigenvalue weighted by Gasteiger charge is -2.27. The van der Waals surface area contributed by atoms with E-state index in [1.165, 1.54) is 16.7 Å². The summed E-state index contributed by atoms with van der Waals surface area (Å²) in [6.45, 7) is 8.47. The first-order chi connectivity index (χ1) is 11.5. The van der Waals surface area contributed by atoms with E-state index < -0.39 is 6.10 Å². The normalized spacial score (nSPS) is 17.2. The molecule has 0 fully saturated rings. The summed E-state index contributed by atoms with van der Waals surface area (Å²) in [5.74, 6) is 1.13. The van der Waals surface area contributed by atoms with Crippen LogP contribution < -0.4 is 14.8 Å². The summed E-state index contributed by atoms with van der Waals surface area (Å²) in [5, 5.41) is 3.04. The summed E-state index contributed by atoms with van der Waals surface area (Å²) < 4.78 is 11.4. The fraction of sp³-hybridized carbons (Fsp3) is 0.350. The first-order valence-electron chi connectivity index (χ1n) is 8.22. The summed E-state index contributed by atoms with van der Waals surface area (Å²) >= 11 is 0. The Kier molecular flexibility index (Phi) is 4.47. The Balaban J connectivity index is 1.70. The van der Waals surface area contributed by atoms with Crippen LogP contribution in [0.1, 0.15) is 35.2 Å². The number of ether oxygens (including phenoxy) is 2. The average molecular weight is 325 g/mol. The molecule has 24 heavy (non-hydrogen) atoms. The molecule has 0 aliphatic carbocycles. The second-order valence-corrected chi connectivity index (χ2v) is 6.39. The molecule has 0 radical (unpaired) electrons. The van der Waals surface area contributed by atoms with Gasteiger partial charge in [-0.15, -0.1) is 0 Å². The molecule has 0 aromatic heterocycles. The molecule has 4 nitrogen and oxygen atoms in total. The van der Waals surface area contributed by atoms with Crippen LogP contribution in [-0.4, -0.2) is 18.6 Å². The number of nitrogens with one attached hydrogen (secondary N) is 1. The van der Waals surface area contributed by atoms with Gasteiger partial charge in [-0.3, -0.25) is 4.79 Å². The van der Waals surface area contributed by atoms with Gasteiger partial charge in [0.05, 0.1) is 6.04 Å². The third-order valence-electron chi connectivity index (χ3n) is 4.51. The van der Waals surface area contributed by atoms with E-state index in [9.17, 15) is 4.79 Å². The van der Waals surface area contributed by atoms with Gasteiger partial charge in [0.1, 0.15) is 6.61 Å². The zero-order valence-electron chi connectivity index (χ0n) is 14.6. The quantitative estimate of drug-likeness (QED) is 0.937. The number of carbonyl (C=O) groups is 1. The maximum atomic E-state index is 12.5. The number of para-hydroxylation sites is 2. The van der Waals surface area contributed by atoms with Crippen molar-refractivity contribution < 1.29 is 14.3 Å². The highest BCUT2D eigenvalue weighted by molar-refractivity contribution is 5.82. The van der Waals surface area contributed by atoms with Gasteiger partial charge in [-0.2, -0.15) is 0 Å². The van der Waals surface area contributed by atoms with Gasteiger partial charge in [0, 0.05) is 0 Å². The number of carbonyl (C=O) groups excluding carboxylic acids is 1.